The van der Waals surface area contributed by atoms with Crippen molar-refractivity contribution in [3.05, 3.63) is 41.7 Å². The lowest BCUT2D eigenvalue weighted by Crippen LogP contribution is -2.04. The van der Waals surface area contributed by atoms with E-state index < -0.39 is 5.82 Å². The number of ether oxygens (including phenoxy) is 1. The fraction of sp³-hybridized carbons (Fsp3) is 0.231. The van der Waals surface area contributed by atoms with Gasteiger partial charge in [-0.3, -0.25) is 4.68 Å². The van der Waals surface area contributed by atoms with Crippen LogP contribution >= 0.6 is 0 Å². The van der Waals surface area contributed by atoms with Crippen molar-refractivity contribution in [3.8, 4) is 17.6 Å². The monoisotopic (exact) mass is 260 g/mol. The molecule has 0 saturated heterocycles. The Morgan fingerprint density at radius 1 is 1.47 bits per heavy atom. The Bertz CT molecular complexity index is 627. The Balaban J connectivity index is 2.06. The molecule has 1 aromatic carbocycles. The van der Waals surface area contributed by atoms with E-state index in [2.05, 4.69) is 21.9 Å². The third-order valence-corrected chi connectivity index (χ3v) is 2.44. The highest BCUT2D eigenvalue weighted by Crippen LogP contribution is 2.17. The topological polar surface area (TPSA) is 66.0 Å². The van der Waals surface area contributed by atoms with E-state index >= 15 is 0 Å². The maximum Gasteiger partial charge on any atom is 0.164 e. The first kappa shape index (κ1) is 13.1. The number of nitrogens with two attached hydrogens (primary N) is 1. The molecule has 0 saturated carbocycles. The van der Waals surface area contributed by atoms with Gasteiger partial charge in [0.05, 0.1) is 12.1 Å². The molecular formula is C13H13FN4O. The van der Waals surface area contributed by atoms with Crippen molar-refractivity contribution in [3.63, 3.8) is 0 Å². The fourth-order valence-corrected chi connectivity index (χ4v) is 1.43. The Labute approximate surface area is 110 Å². The molecule has 0 aliphatic rings. The van der Waals surface area contributed by atoms with Gasteiger partial charge < -0.3 is 10.5 Å². The van der Waals surface area contributed by atoms with E-state index in [0.717, 1.165) is 0 Å². The van der Waals surface area contributed by atoms with Crippen LogP contribution in [0.2, 0.25) is 0 Å². The van der Waals surface area contributed by atoms with Crippen molar-refractivity contribution in [2.45, 2.75) is 6.61 Å². The Hall–Kier alpha value is -2.39. The highest BCUT2D eigenvalue weighted by Gasteiger charge is 2.05. The largest absolute Gasteiger partial charge is 0.486 e. The molecule has 2 N–H and O–H groups in total. The van der Waals surface area contributed by atoms with Crippen molar-refractivity contribution in [2.24, 2.45) is 12.8 Å². The lowest BCUT2D eigenvalue weighted by atomic mass is 10.2. The van der Waals surface area contributed by atoms with Gasteiger partial charge in [0.1, 0.15) is 24.5 Å². The number of aromatic nitrogens is 3. The molecular weight excluding hydrogens is 247 g/mol. The SMILES string of the molecule is Cn1ncnc1COc1ccc(C#CCN)c(F)c1. The van der Waals surface area contributed by atoms with Crippen molar-refractivity contribution in [2.75, 3.05) is 6.54 Å². The summed E-state index contributed by atoms with van der Waals surface area (Å²) in [6, 6.07) is 4.50. The minimum absolute atomic E-state index is 0.198. The van der Waals surface area contributed by atoms with Gasteiger partial charge in [0.25, 0.3) is 0 Å². The number of nitrogens with zero attached hydrogens (tertiary/aromatic N) is 3. The summed E-state index contributed by atoms with van der Waals surface area (Å²) in [6.07, 6.45) is 1.44. The second kappa shape index (κ2) is 5.98. The van der Waals surface area contributed by atoms with Gasteiger partial charge in [-0.2, -0.15) is 5.10 Å². The van der Waals surface area contributed by atoms with E-state index in [1.54, 1.807) is 23.9 Å². The molecule has 0 aliphatic carbocycles. The van der Waals surface area contributed by atoms with Gasteiger partial charge in [0.15, 0.2) is 5.82 Å². The fourth-order valence-electron chi connectivity index (χ4n) is 1.43. The maximum atomic E-state index is 13.7. The van der Waals surface area contributed by atoms with Gasteiger partial charge in [-0.1, -0.05) is 11.8 Å². The quantitative estimate of drug-likeness (QED) is 0.831. The summed E-state index contributed by atoms with van der Waals surface area (Å²) < 4.78 is 20.7. The van der Waals surface area contributed by atoms with Crippen LogP contribution in [0.15, 0.2) is 24.5 Å². The summed E-state index contributed by atoms with van der Waals surface area (Å²) in [5.41, 5.74) is 5.54. The van der Waals surface area contributed by atoms with Gasteiger partial charge >= 0.3 is 0 Å². The molecule has 0 radical (unpaired) electrons. The molecule has 2 aromatic rings. The van der Waals surface area contributed by atoms with Gasteiger partial charge in [0.2, 0.25) is 0 Å². The van der Waals surface area contributed by atoms with Gasteiger partial charge in [-0.05, 0) is 12.1 Å². The second-order valence-corrected chi connectivity index (χ2v) is 3.74. The Kier molecular flexibility index (Phi) is 4.11. The van der Waals surface area contributed by atoms with Crippen LogP contribution in [0.1, 0.15) is 11.4 Å². The number of rotatable bonds is 3. The lowest BCUT2D eigenvalue weighted by Gasteiger charge is -2.06. The van der Waals surface area contributed by atoms with Crippen LogP contribution in [0.25, 0.3) is 0 Å². The smallest absolute Gasteiger partial charge is 0.164 e. The highest BCUT2D eigenvalue weighted by atomic mass is 19.1. The zero-order valence-corrected chi connectivity index (χ0v) is 10.4. The standard InChI is InChI=1S/C13H13FN4O/c1-18-13(16-9-17-18)8-19-11-5-4-10(3-2-6-15)12(14)7-11/h4-5,7,9H,6,8,15H2,1H3. The third-order valence-electron chi connectivity index (χ3n) is 2.44. The molecule has 5 nitrogen and oxygen atoms in total. The number of hydrogen-bond donors (Lipinski definition) is 1. The molecule has 0 bridgehead atoms. The van der Waals surface area contributed by atoms with E-state index in [1.807, 2.05) is 0 Å². The van der Waals surface area contributed by atoms with E-state index in [1.165, 1.54) is 12.4 Å². The molecule has 19 heavy (non-hydrogen) atoms. The van der Waals surface area contributed by atoms with Crippen molar-refractivity contribution in [1.82, 2.24) is 14.8 Å². The average Bonchev–Trinajstić information content (AvgIpc) is 2.81. The maximum absolute atomic E-state index is 13.7. The van der Waals surface area contributed by atoms with Gasteiger partial charge in [0, 0.05) is 13.1 Å². The third kappa shape index (κ3) is 3.30. The zero-order valence-electron chi connectivity index (χ0n) is 10.4. The van der Waals surface area contributed by atoms with Crippen LogP contribution in [0.3, 0.4) is 0 Å². The van der Waals surface area contributed by atoms with Gasteiger partial charge in [-0.25, -0.2) is 9.37 Å². The number of halogens is 1. The molecule has 1 heterocycles. The summed E-state index contributed by atoms with van der Waals surface area (Å²) >= 11 is 0. The van der Waals surface area contributed by atoms with Gasteiger partial charge in [-0.15, -0.1) is 0 Å². The lowest BCUT2D eigenvalue weighted by molar-refractivity contribution is 0.288. The molecule has 1 aromatic heterocycles. The van der Waals surface area contributed by atoms with Crippen LogP contribution in [0.4, 0.5) is 4.39 Å². The zero-order chi connectivity index (χ0) is 13.7. The first-order valence-corrected chi connectivity index (χ1v) is 5.65. The number of hydrogen-bond acceptors (Lipinski definition) is 4. The number of benzene rings is 1. The van der Waals surface area contributed by atoms with Crippen LogP contribution in [0, 0.1) is 17.7 Å². The summed E-state index contributed by atoms with van der Waals surface area (Å²) in [5, 5.41) is 3.92. The normalized spacial score (nSPS) is 9.84. The Morgan fingerprint density at radius 2 is 2.32 bits per heavy atom. The molecule has 0 unspecified atom stereocenters. The predicted octanol–water partition coefficient (Wildman–Crippen LogP) is 0.843. The molecule has 0 atom stereocenters. The summed E-state index contributed by atoms with van der Waals surface area (Å²) in [5.74, 6) is 5.89. The molecule has 2 rings (SSSR count). The first-order chi connectivity index (χ1) is 9.20. The molecule has 0 spiro atoms. The summed E-state index contributed by atoms with van der Waals surface area (Å²) in [4.78, 5) is 4.01. The van der Waals surface area contributed by atoms with E-state index in [9.17, 15) is 4.39 Å². The van der Waals surface area contributed by atoms with E-state index in [-0.39, 0.29) is 13.2 Å². The first-order valence-electron chi connectivity index (χ1n) is 5.65. The van der Waals surface area contributed by atoms with E-state index in [4.69, 9.17) is 10.5 Å². The molecule has 0 fully saturated rings. The predicted molar refractivity (Wildman–Crippen MR) is 67.7 cm³/mol. The average molecular weight is 260 g/mol. The Morgan fingerprint density at radius 3 is 2.95 bits per heavy atom. The van der Waals surface area contributed by atoms with Crippen LogP contribution < -0.4 is 10.5 Å². The molecule has 0 aliphatic heterocycles. The van der Waals surface area contributed by atoms with Crippen molar-refractivity contribution in [1.29, 1.82) is 0 Å². The van der Waals surface area contributed by atoms with Crippen LogP contribution in [-0.4, -0.2) is 21.3 Å². The van der Waals surface area contributed by atoms with Crippen molar-refractivity contribution < 1.29 is 9.13 Å². The van der Waals surface area contributed by atoms with Crippen molar-refractivity contribution >= 4 is 0 Å². The van der Waals surface area contributed by atoms with Crippen LogP contribution in [0.5, 0.6) is 5.75 Å². The van der Waals surface area contributed by atoms with Crippen LogP contribution in [-0.2, 0) is 13.7 Å². The minimum Gasteiger partial charge on any atom is -0.486 e. The number of aryl methyl sites for hydroxylation is 1. The molecule has 98 valence electrons. The summed E-state index contributed by atoms with van der Waals surface area (Å²) in [7, 11) is 1.76. The summed E-state index contributed by atoms with van der Waals surface area (Å²) in [6.45, 7) is 0.424. The van der Waals surface area contributed by atoms with E-state index in [0.29, 0.717) is 17.1 Å². The minimum atomic E-state index is -0.434. The molecule has 0 amide bonds. The molecule has 6 heteroatoms. The highest BCUT2D eigenvalue weighted by molar-refractivity contribution is 5.39. The second-order valence-electron chi connectivity index (χ2n) is 3.74.